The fraction of sp³-hybridized carbons (Fsp3) is 0.333. The molecule has 0 aliphatic carbocycles. The highest BCUT2D eigenvalue weighted by atomic mass is 35.7. The molecule has 4 nitrogen and oxygen atoms in total. The molecule has 0 N–H and O–H groups in total. The van der Waals surface area contributed by atoms with Crippen LogP contribution in [0.15, 0.2) is 29.3 Å². The lowest BCUT2D eigenvalue weighted by Gasteiger charge is -2.11. The van der Waals surface area contributed by atoms with E-state index in [9.17, 15) is 8.42 Å². The zero-order chi connectivity index (χ0) is 13.5. The van der Waals surface area contributed by atoms with Gasteiger partial charge in [0.1, 0.15) is 10.6 Å². The van der Waals surface area contributed by atoms with Crippen LogP contribution in [0.4, 0.5) is 0 Å². The number of aromatic nitrogens is 1. The van der Waals surface area contributed by atoms with E-state index in [0.717, 1.165) is 5.52 Å². The van der Waals surface area contributed by atoms with Crippen molar-refractivity contribution in [1.82, 2.24) is 4.57 Å². The number of aryl methyl sites for hydroxylation is 1. The van der Waals surface area contributed by atoms with Gasteiger partial charge in [0, 0.05) is 23.9 Å². The molecule has 2 aromatic rings. The second kappa shape index (κ2) is 4.48. The van der Waals surface area contributed by atoms with Crippen LogP contribution in [0.3, 0.4) is 0 Å². The van der Waals surface area contributed by atoms with Gasteiger partial charge in [-0.25, -0.2) is 8.42 Å². The lowest BCUT2D eigenvalue weighted by molar-refractivity contribution is 0.245. The van der Waals surface area contributed by atoms with Gasteiger partial charge in [-0.05, 0) is 26.0 Å². The molecule has 6 heteroatoms. The van der Waals surface area contributed by atoms with E-state index in [-0.39, 0.29) is 11.0 Å². The molecule has 0 spiro atoms. The summed E-state index contributed by atoms with van der Waals surface area (Å²) in [4.78, 5) is 0.0814. The smallest absolute Gasteiger partial charge is 0.263 e. The van der Waals surface area contributed by atoms with Crippen LogP contribution in [-0.4, -0.2) is 19.1 Å². The molecule has 1 heterocycles. The van der Waals surface area contributed by atoms with E-state index in [0.29, 0.717) is 11.1 Å². The van der Waals surface area contributed by atoms with Gasteiger partial charge in [-0.3, -0.25) is 0 Å². The molecule has 0 atom stereocenters. The van der Waals surface area contributed by atoms with Gasteiger partial charge in [0.15, 0.2) is 0 Å². The average Bonchev–Trinajstić information content (AvgIpc) is 2.56. The lowest BCUT2D eigenvalue weighted by Crippen LogP contribution is -2.06. The molecule has 0 amide bonds. The van der Waals surface area contributed by atoms with Gasteiger partial charge in [0.25, 0.3) is 9.05 Å². The average molecular weight is 288 g/mol. The fourth-order valence-electron chi connectivity index (χ4n) is 1.91. The number of ether oxygens (including phenoxy) is 1. The summed E-state index contributed by atoms with van der Waals surface area (Å²) in [5.74, 6) is 0.530. The molecule has 98 valence electrons. The first-order valence-corrected chi connectivity index (χ1v) is 7.81. The third-order valence-corrected chi connectivity index (χ3v) is 3.90. The Morgan fingerprint density at radius 2 is 2.00 bits per heavy atom. The highest BCUT2D eigenvalue weighted by molar-refractivity contribution is 8.14. The molecule has 0 unspecified atom stereocenters. The first-order chi connectivity index (χ1) is 8.30. The van der Waals surface area contributed by atoms with Gasteiger partial charge in [-0.2, -0.15) is 0 Å². The second-order valence-corrected chi connectivity index (χ2v) is 6.89. The quantitative estimate of drug-likeness (QED) is 0.816. The van der Waals surface area contributed by atoms with Crippen molar-refractivity contribution >= 4 is 30.6 Å². The molecule has 1 aromatic heterocycles. The first-order valence-electron chi connectivity index (χ1n) is 5.50. The highest BCUT2D eigenvalue weighted by Crippen LogP contribution is 2.35. The lowest BCUT2D eigenvalue weighted by atomic mass is 10.2. The van der Waals surface area contributed by atoms with E-state index in [2.05, 4.69) is 0 Å². The zero-order valence-electron chi connectivity index (χ0n) is 10.3. The minimum Gasteiger partial charge on any atom is -0.490 e. The first kappa shape index (κ1) is 13.2. The summed E-state index contributed by atoms with van der Waals surface area (Å²) in [6, 6.07) is 5.40. The van der Waals surface area contributed by atoms with E-state index in [1.807, 2.05) is 26.0 Å². The third-order valence-electron chi connectivity index (χ3n) is 2.57. The Morgan fingerprint density at radius 3 is 2.56 bits per heavy atom. The number of rotatable bonds is 3. The predicted molar refractivity (Wildman–Crippen MR) is 71.7 cm³/mol. The second-order valence-electron chi connectivity index (χ2n) is 4.36. The Labute approximate surface area is 111 Å². The molecular weight excluding hydrogens is 274 g/mol. The Morgan fingerprint density at radius 1 is 1.33 bits per heavy atom. The van der Waals surface area contributed by atoms with E-state index in [4.69, 9.17) is 15.4 Å². The normalized spacial score (nSPS) is 12.3. The largest absolute Gasteiger partial charge is 0.490 e. The fourth-order valence-corrected chi connectivity index (χ4v) is 2.99. The van der Waals surface area contributed by atoms with Crippen LogP contribution in [0.25, 0.3) is 10.9 Å². The van der Waals surface area contributed by atoms with Gasteiger partial charge in [-0.1, -0.05) is 6.07 Å². The summed E-state index contributed by atoms with van der Waals surface area (Å²) in [5, 5.41) is 0.531. The van der Waals surface area contributed by atoms with Crippen LogP contribution >= 0.6 is 10.7 Å². The molecule has 2 rings (SSSR count). The maximum atomic E-state index is 11.6. The van der Waals surface area contributed by atoms with Crippen molar-refractivity contribution < 1.29 is 13.2 Å². The molecule has 0 aliphatic heterocycles. The van der Waals surface area contributed by atoms with Crippen LogP contribution < -0.4 is 4.74 Å². The van der Waals surface area contributed by atoms with Gasteiger partial charge >= 0.3 is 0 Å². The standard InChI is InChI=1S/C12H14ClNO3S/c1-8(2)17-10-6-4-5-9-12(10)11(7-14(9)3)18(13,15)16/h4-8H,1-3H3. The number of benzene rings is 1. The van der Waals surface area contributed by atoms with Gasteiger partial charge in [0.2, 0.25) is 0 Å². The number of nitrogens with zero attached hydrogens (tertiary/aromatic N) is 1. The summed E-state index contributed by atoms with van der Waals surface area (Å²) in [6.45, 7) is 3.77. The zero-order valence-corrected chi connectivity index (χ0v) is 11.9. The van der Waals surface area contributed by atoms with Crippen molar-refractivity contribution in [3.05, 3.63) is 24.4 Å². The molecule has 0 radical (unpaired) electrons. The Hall–Kier alpha value is -1.20. The van der Waals surface area contributed by atoms with Gasteiger partial charge in [0.05, 0.1) is 17.0 Å². The van der Waals surface area contributed by atoms with Crippen molar-refractivity contribution in [3.8, 4) is 5.75 Å². The number of hydrogen-bond donors (Lipinski definition) is 0. The maximum Gasteiger partial charge on any atom is 0.263 e. The number of fused-ring (bicyclic) bond motifs is 1. The molecular formula is C12H14ClNO3S. The van der Waals surface area contributed by atoms with Crippen LogP contribution in [-0.2, 0) is 16.1 Å². The SMILES string of the molecule is CC(C)Oc1cccc2c1c(S(=O)(=O)Cl)cn2C. The molecule has 0 aliphatic rings. The highest BCUT2D eigenvalue weighted by Gasteiger charge is 2.21. The summed E-state index contributed by atoms with van der Waals surface area (Å²) in [5.41, 5.74) is 0.771. The van der Waals surface area contributed by atoms with Crippen LogP contribution in [0, 0.1) is 0 Å². The Balaban J connectivity index is 2.81. The van der Waals surface area contributed by atoms with Crippen molar-refractivity contribution in [1.29, 1.82) is 0 Å². The minimum absolute atomic E-state index is 0.0401. The topological polar surface area (TPSA) is 48.3 Å². The molecule has 0 saturated carbocycles. The van der Waals surface area contributed by atoms with Crippen LogP contribution in [0.1, 0.15) is 13.8 Å². The summed E-state index contributed by atoms with van der Waals surface area (Å²) >= 11 is 0. The Bertz CT molecular complexity index is 689. The summed E-state index contributed by atoms with van der Waals surface area (Å²) in [7, 11) is 3.44. The molecule has 1 aromatic carbocycles. The molecule has 0 bridgehead atoms. The van der Waals surface area contributed by atoms with E-state index >= 15 is 0 Å². The van der Waals surface area contributed by atoms with E-state index in [1.165, 1.54) is 6.20 Å². The molecule has 0 fully saturated rings. The summed E-state index contributed by atoms with van der Waals surface area (Å²) < 4.78 is 30.5. The molecule has 0 saturated heterocycles. The maximum absolute atomic E-state index is 11.6. The summed E-state index contributed by atoms with van der Waals surface area (Å²) in [6.07, 6.45) is 1.46. The van der Waals surface area contributed by atoms with Gasteiger partial charge in [-0.15, -0.1) is 0 Å². The van der Waals surface area contributed by atoms with E-state index < -0.39 is 9.05 Å². The number of halogens is 1. The molecule has 18 heavy (non-hydrogen) atoms. The van der Waals surface area contributed by atoms with Crippen molar-refractivity contribution in [2.75, 3.05) is 0 Å². The van der Waals surface area contributed by atoms with Crippen LogP contribution in [0.5, 0.6) is 5.75 Å². The predicted octanol–water partition coefficient (Wildman–Crippen LogP) is 2.89. The Kier molecular flexibility index (Phi) is 3.29. The van der Waals surface area contributed by atoms with Crippen molar-refractivity contribution in [2.45, 2.75) is 24.8 Å². The number of hydrogen-bond acceptors (Lipinski definition) is 3. The van der Waals surface area contributed by atoms with Crippen molar-refractivity contribution in [2.24, 2.45) is 7.05 Å². The van der Waals surface area contributed by atoms with E-state index in [1.54, 1.807) is 17.7 Å². The third kappa shape index (κ3) is 2.33. The van der Waals surface area contributed by atoms with Crippen molar-refractivity contribution in [3.63, 3.8) is 0 Å². The minimum atomic E-state index is -3.80. The van der Waals surface area contributed by atoms with Crippen LogP contribution in [0.2, 0.25) is 0 Å². The van der Waals surface area contributed by atoms with Gasteiger partial charge < -0.3 is 9.30 Å². The monoisotopic (exact) mass is 287 g/mol.